The fraction of sp³-hybridized carbons (Fsp3) is 0.310. The lowest BCUT2D eigenvalue weighted by Crippen LogP contribution is -2.47. The number of urea groups is 1. The molecule has 4 rings (SSSR count). The molecule has 1 aliphatic rings. The number of amides is 3. The van der Waals surface area contributed by atoms with Crippen LogP contribution in [0.3, 0.4) is 0 Å². The summed E-state index contributed by atoms with van der Waals surface area (Å²) >= 11 is 0. The van der Waals surface area contributed by atoms with Gasteiger partial charge in [-0.25, -0.2) is 4.79 Å². The molecule has 8 heteroatoms. The van der Waals surface area contributed by atoms with E-state index in [2.05, 4.69) is 26.5 Å². The summed E-state index contributed by atoms with van der Waals surface area (Å²) in [5, 5.41) is 5.99. The maximum atomic E-state index is 13.5. The van der Waals surface area contributed by atoms with Crippen molar-refractivity contribution in [1.29, 1.82) is 0 Å². The quantitative estimate of drug-likeness (QED) is 0.495. The second-order valence-corrected chi connectivity index (χ2v) is 9.31. The number of benzene rings is 3. The van der Waals surface area contributed by atoms with Gasteiger partial charge in [-0.3, -0.25) is 4.79 Å². The number of para-hydroxylation sites is 2. The predicted molar refractivity (Wildman–Crippen MR) is 149 cm³/mol. The van der Waals surface area contributed by atoms with Gasteiger partial charge in [0, 0.05) is 51.6 Å². The van der Waals surface area contributed by atoms with E-state index in [0.717, 1.165) is 48.9 Å². The van der Waals surface area contributed by atoms with Crippen LogP contribution in [0, 0.1) is 0 Å². The molecule has 0 aliphatic carbocycles. The number of piperazine rings is 1. The summed E-state index contributed by atoms with van der Waals surface area (Å²) in [6.45, 7) is 5.05. The number of hydrogen-bond acceptors (Lipinski definition) is 5. The highest BCUT2D eigenvalue weighted by Gasteiger charge is 2.24. The van der Waals surface area contributed by atoms with E-state index in [4.69, 9.17) is 4.74 Å². The van der Waals surface area contributed by atoms with Crippen LogP contribution in [-0.2, 0) is 0 Å². The summed E-state index contributed by atoms with van der Waals surface area (Å²) in [6.07, 6.45) is 0. The molecule has 1 aliphatic heterocycles. The van der Waals surface area contributed by atoms with Gasteiger partial charge in [-0.05, 0) is 42.8 Å². The van der Waals surface area contributed by atoms with Crippen molar-refractivity contribution >= 4 is 29.0 Å². The SMILES string of the molecule is COc1ccccc1N1CCN(c2ccc(NC(=O)N(C)C)cc2C(=O)NC(C)c2ccccc2)CC1. The van der Waals surface area contributed by atoms with E-state index in [-0.39, 0.29) is 18.0 Å². The normalized spacial score (nSPS) is 14.1. The van der Waals surface area contributed by atoms with E-state index in [1.165, 1.54) is 4.90 Å². The van der Waals surface area contributed by atoms with Gasteiger partial charge in [-0.2, -0.15) is 0 Å². The van der Waals surface area contributed by atoms with Gasteiger partial charge in [-0.1, -0.05) is 42.5 Å². The third-order valence-corrected chi connectivity index (χ3v) is 6.59. The number of anilines is 3. The molecule has 0 bridgehead atoms. The second kappa shape index (κ2) is 11.7. The molecule has 3 amide bonds. The van der Waals surface area contributed by atoms with Crippen LogP contribution in [0.2, 0.25) is 0 Å². The molecule has 3 aromatic rings. The molecule has 8 nitrogen and oxygen atoms in total. The highest BCUT2D eigenvalue weighted by Crippen LogP contribution is 2.31. The molecule has 0 radical (unpaired) electrons. The first-order chi connectivity index (χ1) is 17.9. The Kier molecular flexibility index (Phi) is 8.18. The summed E-state index contributed by atoms with van der Waals surface area (Å²) in [5.74, 6) is 0.673. The summed E-state index contributed by atoms with van der Waals surface area (Å²) < 4.78 is 5.55. The van der Waals surface area contributed by atoms with Crippen molar-refractivity contribution in [2.45, 2.75) is 13.0 Å². The number of nitrogens with one attached hydrogen (secondary N) is 2. The molecule has 194 valence electrons. The van der Waals surface area contributed by atoms with Gasteiger partial charge in [-0.15, -0.1) is 0 Å². The fourth-order valence-electron chi connectivity index (χ4n) is 4.49. The van der Waals surface area contributed by atoms with E-state index in [0.29, 0.717) is 11.3 Å². The van der Waals surface area contributed by atoms with Gasteiger partial charge >= 0.3 is 6.03 Å². The van der Waals surface area contributed by atoms with Gasteiger partial charge in [0.25, 0.3) is 5.91 Å². The fourth-order valence-corrected chi connectivity index (χ4v) is 4.49. The number of hydrogen-bond donors (Lipinski definition) is 2. The molecule has 0 spiro atoms. The number of carbonyl (C=O) groups is 2. The topological polar surface area (TPSA) is 77.2 Å². The molecule has 0 saturated carbocycles. The molecule has 1 unspecified atom stereocenters. The van der Waals surface area contributed by atoms with Crippen LogP contribution in [0.5, 0.6) is 5.75 Å². The highest BCUT2D eigenvalue weighted by atomic mass is 16.5. The van der Waals surface area contributed by atoms with Crippen molar-refractivity contribution in [3.05, 3.63) is 83.9 Å². The van der Waals surface area contributed by atoms with Crippen LogP contribution in [0.15, 0.2) is 72.8 Å². The third-order valence-electron chi connectivity index (χ3n) is 6.59. The average Bonchev–Trinajstić information content (AvgIpc) is 2.93. The Labute approximate surface area is 218 Å². The smallest absolute Gasteiger partial charge is 0.321 e. The van der Waals surface area contributed by atoms with Gasteiger partial charge in [0.2, 0.25) is 0 Å². The molecule has 1 fully saturated rings. The van der Waals surface area contributed by atoms with Gasteiger partial charge < -0.3 is 30.1 Å². The second-order valence-electron chi connectivity index (χ2n) is 9.31. The lowest BCUT2D eigenvalue weighted by molar-refractivity contribution is 0.0940. The predicted octanol–water partition coefficient (Wildman–Crippen LogP) is 4.61. The van der Waals surface area contributed by atoms with Crippen molar-refractivity contribution in [3.63, 3.8) is 0 Å². The lowest BCUT2D eigenvalue weighted by Gasteiger charge is -2.38. The number of rotatable bonds is 7. The first kappa shape index (κ1) is 25.9. The Hall–Kier alpha value is -4.20. The Morgan fingerprint density at radius 1 is 0.865 bits per heavy atom. The highest BCUT2D eigenvalue weighted by molar-refractivity contribution is 6.02. The standard InChI is InChI=1S/C29H35N5O3/c1-21(22-10-6-5-7-11-22)30-28(35)24-20-23(31-29(36)32(2)3)14-15-25(24)33-16-18-34(19-17-33)26-12-8-9-13-27(26)37-4/h5-15,20-21H,16-19H2,1-4H3,(H,30,35)(H,31,36). The van der Waals surface area contributed by atoms with E-state index in [1.807, 2.05) is 67.6 Å². The molecule has 1 heterocycles. The number of ether oxygens (including phenoxy) is 1. The zero-order chi connectivity index (χ0) is 26.4. The van der Waals surface area contributed by atoms with Gasteiger partial charge in [0.1, 0.15) is 5.75 Å². The molecule has 37 heavy (non-hydrogen) atoms. The van der Waals surface area contributed by atoms with Crippen molar-refractivity contribution in [3.8, 4) is 5.75 Å². The van der Waals surface area contributed by atoms with Crippen molar-refractivity contribution in [2.24, 2.45) is 0 Å². The summed E-state index contributed by atoms with van der Waals surface area (Å²) in [6, 6.07) is 23.0. The van der Waals surface area contributed by atoms with E-state index in [9.17, 15) is 9.59 Å². The average molecular weight is 502 g/mol. The maximum Gasteiger partial charge on any atom is 0.321 e. The summed E-state index contributed by atoms with van der Waals surface area (Å²) in [4.78, 5) is 31.8. The van der Waals surface area contributed by atoms with Crippen molar-refractivity contribution in [1.82, 2.24) is 10.2 Å². The molecule has 1 atom stereocenters. The van der Waals surface area contributed by atoms with Gasteiger partial charge in [0.15, 0.2) is 0 Å². The van der Waals surface area contributed by atoms with Crippen LogP contribution in [0.25, 0.3) is 0 Å². The van der Waals surface area contributed by atoms with Crippen LogP contribution >= 0.6 is 0 Å². The zero-order valence-corrected chi connectivity index (χ0v) is 21.9. The Balaban J connectivity index is 1.56. The van der Waals surface area contributed by atoms with E-state index in [1.54, 1.807) is 27.3 Å². The first-order valence-electron chi connectivity index (χ1n) is 12.5. The van der Waals surface area contributed by atoms with Crippen LogP contribution in [0.1, 0.15) is 28.9 Å². The minimum Gasteiger partial charge on any atom is -0.495 e. The van der Waals surface area contributed by atoms with E-state index >= 15 is 0 Å². The minimum atomic E-state index is -0.248. The molecule has 2 N–H and O–H groups in total. The van der Waals surface area contributed by atoms with E-state index < -0.39 is 0 Å². The lowest BCUT2D eigenvalue weighted by atomic mass is 10.1. The number of nitrogens with zero attached hydrogens (tertiary/aromatic N) is 3. The Morgan fingerprint density at radius 3 is 2.14 bits per heavy atom. The van der Waals surface area contributed by atoms with Crippen LogP contribution in [-0.4, -0.2) is 64.2 Å². The number of carbonyl (C=O) groups excluding carboxylic acids is 2. The Morgan fingerprint density at radius 2 is 1.49 bits per heavy atom. The summed E-state index contributed by atoms with van der Waals surface area (Å²) in [7, 11) is 5.05. The third kappa shape index (κ3) is 6.14. The summed E-state index contributed by atoms with van der Waals surface area (Å²) in [5.41, 5.74) is 4.05. The van der Waals surface area contributed by atoms with Crippen molar-refractivity contribution < 1.29 is 14.3 Å². The number of methoxy groups -OCH3 is 1. The monoisotopic (exact) mass is 501 g/mol. The minimum absolute atomic E-state index is 0.163. The molecule has 3 aromatic carbocycles. The first-order valence-corrected chi connectivity index (χ1v) is 12.5. The Bertz CT molecular complexity index is 1220. The van der Waals surface area contributed by atoms with Crippen LogP contribution in [0.4, 0.5) is 21.9 Å². The van der Waals surface area contributed by atoms with Gasteiger partial charge in [0.05, 0.1) is 24.4 Å². The molecule has 0 aromatic heterocycles. The molecular formula is C29H35N5O3. The molecule has 1 saturated heterocycles. The largest absolute Gasteiger partial charge is 0.495 e. The zero-order valence-electron chi connectivity index (χ0n) is 21.9. The van der Waals surface area contributed by atoms with Crippen molar-refractivity contribution in [2.75, 3.05) is 62.5 Å². The maximum absolute atomic E-state index is 13.5. The van der Waals surface area contributed by atoms with Crippen LogP contribution < -0.4 is 25.2 Å². The molecular weight excluding hydrogens is 466 g/mol.